The lowest BCUT2D eigenvalue weighted by molar-refractivity contribution is 0.211. The molecule has 0 fully saturated rings. The van der Waals surface area contributed by atoms with E-state index in [9.17, 15) is 5.11 Å². The van der Waals surface area contributed by atoms with Gasteiger partial charge in [0.2, 0.25) is 0 Å². The van der Waals surface area contributed by atoms with E-state index in [2.05, 4.69) is 9.97 Å². The minimum absolute atomic E-state index is 0.500. The minimum atomic E-state index is -0.757. The molecule has 1 aromatic carbocycles. The van der Waals surface area contributed by atoms with Gasteiger partial charge in [-0.1, -0.05) is 42.5 Å². The number of aromatic amines is 1. The van der Waals surface area contributed by atoms with Crippen LogP contribution in [-0.2, 0) is 0 Å². The molecule has 3 rings (SSSR count). The molecule has 0 bridgehead atoms. The molecule has 0 saturated carbocycles. The Labute approximate surface area is 122 Å². The fourth-order valence-electron chi connectivity index (χ4n) is 2.14. The van der Waals surface area contributed by atoms with Crippen LogP contribution in [0.3, 0.4) is 0 Å². The lowest BCUT2D eigenvalue weighted by Gasteiger charge is -2.09. The summed E-state index contributed by atoms with van der Waals surface area (Å²) in [5.41, 5.74) is 2.46. The molecular weight excluding hydrogens is 272 g/mol. The molecule has 20 heavy (non-hydrogen) atoms. The smallest absolute Gasteiger partial charge is 0.140 e. The Bertz CT molecular complexity index is 638. The average molecular weight is 287 g/mol. The van der Waals surface area contributed by atoms with Gasteiger partial charge >= 0.3 is 0 Å². The van der Waals surface area contributed by atoms with Gasteiger partial charge in [-0.2, -0.15) is 0 Å². The Morgan fingerprint density at radius 2 is 1.90 bits per heavy atom. The van der Waals surface area contributed by atoms with Crippen molar-refractivity contribution in [3.8, 4) is 0 Å². The summed E-state index contributed by atoms with van der Waals surface area (Å²) in [6.07, 6.45) is 6.80. The number of allylic oxidation sites excluding steroid dienone is 2. The number of nitrogens with one attached hydrogen (secondary N) is 1. The average Bonchev–Trinajstić information content (AvgIpc) is 2.81. The number of hydrogen-bond donors (Lipinski definition) is 2. The van der Waals surface area contributed by atoms with E-state index in [0.29, 0.717) is 5.82 Å². The highest BCUT2D eigenvalue weighted by molar-refractivity contribution is 6.27. The van der Waals surface area contributed by atoms with Crippen LogP contribution in [0.15, 0.2) is 42.5 Å². The number of nitrogens with zero attached hydrogens (tertiary/aromatic N) is 1. The topological polar surface area (TPSA) is 48.9 Å². The summed E-state index contributed by atoms with van der Waals surface area (Å²) < 4.78 is 0. The number of aliphatic hydroxyl groups is 1. The van der Waals surface area contributed by atoms with Crippen LogP contribution in [0.25, 0.3) is 12.2 Å². The second-order valence-electron chi connectivity index (χ2n) is 5.05. The standard InChI is InChI=1S/C16H15ClN2O/c1-16(17)9-7-12-13(8-10-16)19-15(18-12)14(20)11-5-3-2-4-6-11/h2-10,14,20H,1H3,(H,18,19). The van der Waals surface area contributed by atoms with Gasteiger partial charge in [-0.05, 0) is 24.6 Å². The largest absolute Gasteiger partial charge is 0.380 e. The zero-order chi connectivity index (χ0) is 14.2. The highest BCUT2D eigenvalue weighted by Crippen LogP contribution is 2.27. The summed E-state index contributed by atoms with van der Waals surface area (Å²) in [5.74, 6) is 0.536. The third-order valence-corrected chi connectivity index (χ3v) is 3.55. The van der Waals surface area contributed by atoms with Gasteiger partial charge in [-0.3, -0.25) is 0 Å². The maximum Gasteiger partial charge on any atom is 0.140 e. The molecular formula is C16H15ClN2O. The van der Waals surface area contributed by atoms with E-state index >= 15 is 0 Å². The molecule has 2 unspecified atom stereocenters. The molecule has 1 aliphatic carbocycles. The maximum atomic E-state index is 10.3. The summed E-state index contributed by atoms with van der Waals surface area (Å²) in [6, 6.07) is 9.45. The molecule has 1 aliphatic rings. The Kier molecular flexibility index (Phi) is 3.24. The van der Waals surface area contributed by atoms with Gasteiger partial charge < -0.3 is 10.1 Å². The van der Waals surface area contributed by atoms with Crippen LogP contribution >= 0.6 is 11.6 Å². The first-order chi connectivity index (χ1) is 9.55. The number of rotatable bonds is 2. The van der Waals surface area contributed by atoms with Crippen LogP contribution in [0.1, 0.15) is 35.8 Å². The Morgan fingerprint density at radius 1 is 1.20 bits per heavy atom. The monoisotopic (exact) mass is 286 g/mol. The van der Waals surface area contributed by atoms with Gasteiger partial charge in [0.15, 0.2) is 0 Å². The van der Waals surface area contributed by atoms with E-state index in [1.54, 1.807) is 0 Å². The first kappa shape index (κ1) is 13.2. The zero-order valence-electron chi connectivity index (χ0n) is 11.0. The number of alkyl halides is 1. The molecule has 0 radical (unpaired) electrons. The van der Waals surface area contributed by atoms with Crippen molar-refractivity contribution in [3.05, 3.63) is 65.3 Å². The van der Waals surface area contributed by atoms with Crippen molar-refractivity contribution >= 4 is 23.8 Å². The number of benzene rings is 1. The van der Waals surface area contributed by atoms with Crippen LogP contribution in [-0.4, -0.2) is 19.9 Å². The molecule has 2 atom stereocenters. The van der Waals surface area contributed by atoms with Crippen molar-refractivity contribution in [1.29, 1.82) is 0 Å². The Hall–Kier alpha value is -1.84. The number of aliphatic hydroxyl groups excluding tert-OH is 1. The summed E-state index contributed by atoms with van der Waals surface area (Å²) >= 11 is 6.26. The van der Waals surface area contributed by atoms with E-state index in [1.807, 2.05) is 61.6 Å². The predicted octanol–water partition coefficient (Wildman–Crippen LogP) is 3.53. The van der Waals surface area contributed by atoms with Crippen LogP contribution in [0, 0.1) is 0 Å². The van der Waals surface area contributed by atoms with E-state index in [4.69, 9.17) is 11.6 Å². The van der Waals surface area contributed by atoms with Crippen molar-refractivity contribution in [2.45, 2.75) is 17.9 Å². The minimum Gasteiger partial charge on any atom is -0.380 e. The van der Waals surface area contributed by atoms with E-state index in [-0.39, 0.29) is 0 Å². The van der Waals surface area contributed by atoms with Gasteiger partial charge in [0.25, 0.3) is 0 Å². The summed E-state index contributed by atoms with van der Waals surface area (Å²) in [4.78, 5) is 7.10. The molecule has 0 saturated heterocycles. The number of fused-ring (bicyclic) bond motifs is 1. The number of aromatic nitrogens is 2. The van der Waals surface area contributed by atoms with Crippen LogP contribution < -0.4 is 0 Å². The summed E-state index contributed by atoms with van der Waals surface area (Å²) in [6.45, 7) is 1.91. The second-order valence-corrected chi connectivity index (χ2v) is 5.87. The van der Waals surface area contributed by atoms with Gasteiger partial charge in [0.1, 0.15) is 11.9 Å². The molecule has 0 aliphatic heterocycles. The Balaban J connectivity index is 1.95. The number of imidazole rings is 1. The molecule has 0 amide bonds. The SMILES string of the molecule is CC1(Cl)C=Cc2nc(C(O)c3ccccc3)[nH]c2C=C1. The lowest BCUT2D eigenvalue weighted by Crippen LogP contribution is -2.06. The van der Waals surface area contributed by atoms with Crippen molar-refractivity contribution in [1.82, 2.24) is 9.97 Å². The first-order valence-corrected chi connectivity index (χ1v) is 6.83. The maximum absolute atomic E-state index is 10.3. The quantitative estimate of drug-likeness (QED) is 0.830. The Morgan fingerprint density at radius 3 is 2.65 bits per heavy atom. The van der Waals surface area contributed by atoms with Crippen molar-refractivity contribution in [3.63, 3.8) is 0 Å². The van der Waals surface area contributed by atoms with Crippen molar-refractivity contribution in [2.24, 2.45) is 0 Å². The highest BCUT2D eigenvalue weighted by Gasteiger charge is 2.20. The van der Waals surface area contributed by atoms with Crippen LogP contribution in [0.5, 0.6) is 0 Å². The molecule has 102 valence electrons. The van der Waals surface area contributed by atoms with Crippen molar-refractivity contribution < 1.29 is 5.11 Å². The highest BCUT2D eigenvalue weighted by atomic mass is 35.5. The van der Waals surface area contributed by atoms with E-state index in [1.165, 1.54) is 0 Å². The first-order valence-electron chi connectivity index (χ1n) is 6.45. The molecule has 1 heterocycles. The molecule has 1 aromatic heterocycles. The molecule has 3 nitrogen and oxygen atoms in total. The third-order valence-electron chi connectivity index (χ3n) is 3.30. The predicted molar refractivity (Wildman–Crippen MR) is 81.4 cm³/mol. The fourth-order valence-corrected chi connectivity index (χ4v) is 2.27. The molecule has 0 spiro atoms. The van der Waals surface area contributed by atoms with Crippen molar-refractivity contribution in [2.75, 3.05) is 0 Å². The van der Waals surface area contributed by atoms with E-state index < -0.39 is 11.0 Å². The third kappa shape index (κ3) is 2.55. The van der Waals surface area contributed by atoms with Crippen LogP contribution in [0.2, 0.25) is 0 Å². The lowest BCUT2D eigenvalue weighted by atomic mass is 10.1. The number of H-pyrrole nitrogens is 1. The summed E-state index contributed by atoms with van der Waals surface area (Å²) in [5, 5.41) is 10.3. The molecule has 2 aromatic rings. The molecule has 4 heteroatoms. The second kappa shape index (κ2) is 4.93. The normalized spacial score (nSPS) is 17.6. The zero-order valence-corrected chi connectivity index (χ0v) is 11.8. The summed E-state index contributed by atoms with van der Waals surface area (Å²) in [7, 11) is 0. The van der Waals surface area contributed by atoms with Gasteiger partial charge in [-0.15, -0.1) is 11.6 Å². The van der Waals surface area contributed by atoms with Gasteiger partial charge in [0, 0.05) is 0 Å². The van der Waals surface area contributed by atoms with Gasteiger partial charge in [0.05, 0.1) is 16.3 Å². The molecule has 2 N–H and O–H groups in total. The number of hydrogen-bond acceptors (Lipinski definition) is 2. The van der Waals surface area contributed by atoms with Crippen LogP contribution in [0.4, 0.5) is 0 Å². The number of halogens is 1. The fraction of sp³-hybridized carbons (Fsp3) is 0.188. The van der Waals surface area contributed by atoms with Gasteiger partial charge in [-0.25, -0.2) is 4.98 Å². The van der Waals surface area contributed by atoms with E-state index in [0.717, 1.165) is 17.0 Å².